The summed E-state index contributed by atoms with van der Waals surface area (Å²) in [5.74, 6) is 0. The minimum absolute atomic E-state index is 0.0123. The number of rotatable bonds is 6. The van der Waals surface area contributed by atoms with Crippen LogP contribution in [0.25, 0.3) is 10.8 Å². The first-order chi connectivity index (χ1) is 9.61. The van der Waals surface area contributed by atoms with Gasteiger partial charge in [-0.1, -0.05) is 43.3 Å². The molecule has 0 fully saturated rings. The van der Waals surface area contributed by atoms with Gasteiger partial charge in [0.2, 0.25) is 10.0 Å². The third-order valence-electron chi connectivity index (χ3n) is 3.29. The number of benzene rings is 2. The van der Waals surface area contributed by atoms with Gasteiger partial charge in [0.05, 0.1) is 4.90 Å². The van der Waals surface area contributed by atoms with E-state index < -0.39 is 10.0 Å². The molecule has 0 spiro atoms. The Hall–Kier alpha value is -1.43. The van der Waals surface area contributed by atoms with Gasteiger partial charge in [-0.15, -0.1) is 0 Å². The van der Waals surface area contributed by atoms with Crippen molar-refractivity contribution in [3.8, 4) is 0 Å². The van der Waals surface area contributed by atoms with Gasteiger partial charge >= 0.3 is 0 Å². The van der Waals surface area contributed by atoms with Crippen LogP contribution in [0.5, 0.6) is 0 Å². The summed E-state index contributed by atoms with van der Waals surface area (Å²) in [6.07, 6.45) is 0.442. The molecule has 0 aromatic heterocycles. The Morgan fingerprint density at radius 2 is 1.80 bits per heavy atom. The van der Waals surface area contributed by atoms with Gasteiger partial charge in [-0.05, 0) is 17.9 Å². The van der Waals surface area contributed by atoms with Crippen LogP contribution in [-0.4, -0.2) is 37.5 Å². The van der Waals surface area contributed by atoms with Crippen molar-refractivity contribution in [2.75, 3.05) is 19.7 Å². The maximum atomic E-state index is 12.7. The highest BCUT2D eigenvalue weighted by atomic mass is 32.2. The van der Waals surface area contributed by atoms with E-state index in [-0.39, 0.29) is 6.61 Å². The molecule has 0 aliphatic rings. The topological polar surface area (TPSA) is 57.6 Å². The third kappa shape index (κ3) is 2.85. The lowest BCUT2D eigenvalue weighted by Crippen LogP contribution is -2.32. The predicted octanol–water partition coefficient (Wildman–Crippen LogP) is 2.23. The van der Waals surface area contributed by atoms with E-state index in [4.69, 9.17) is 5.11 Å². The fourth-order valence-corrected chi connectivity index (χ4v) is 3.96. The number of fused-ring (bicyclic) bond motifs is 1. The predicted molar refractivity (Wildman–Crippen MR) is 80.1 cm³/mol. The Balaban J connectivity index is 2.51. The molecule has 0 atom stereocenters. The Morgan fingerprint density at radius 3 is 2.50 bits per heavy atom. The molecule has 2 aromatic carbocycles. The molecule has 0 saturated carbocycles. The highest BCUT2D eigenvalue weighted by Gasteiger charge is 2.24. The van der Waals surface area contributed by atoms with E-state index in [1.165, 1.54) is 4.31 Å². The molecular weight excluding hydrogens is 274 g/mol. The van der Waals surface area contributed by atoms with E-state index in [2.05, 4.69) is 0 Å². The van der Waals surface area contributed by atoms with Crippen LogP contribution in [0.2, 0.25) is 0 Å². The smallest absolute Gasteiger partial charge is 0.243 e. The lowest BCUT2D eigenvalue weighted by Gasteiger charge is -2.21. The largest absolute Gasteiger partial charge is 0.396 e. The van der Waals surface area contributed by atoms with Gasteiger partial charge in [-0.2, -0.15) is 4.31 Å². The number of aliphatic hydroxyl groups is 1. The maximum absolute atomic E-state index is 12.7. The molecule has 4 nitrogen and oxygen atoms in total. The summed E-state index contributed by atoms with van der Waals surface area (Å²) in [6, 6.07) is 12.8. The average molecular weight is 293 g/mol. The number of aliphatic hydroxyl groups excluding tert-OH is 1. The second-order valence-corrected chi connectivity index (χ2v) is 6.46. The van der Waals surface area contributed by atoms with Crippen molar-refractivity contribution in [1.29, 1.82) is 0 Å². The van der Waals surface area contributed by atoms with E-state index in [9.17, 15) is 8.42 Å². The zero-order chi connectivity index (χ0) is 14.6. The number of hydrogen-bond donors (Lipinski definition) is 1. The Labute approximate surface area is 119 Å². The summed E-state index contributed by atoms with van der Waals surface area (Å²) < 4.78 is 26.9. The number of nitrogens with zero attached hydrogens (tertiary/aromatic N) is 1. The summed E-state index contributed by atoms with van der Waals surface area (Å²) in [5.41, 5.74) is 0. The van der Waals surface area contributed by atoms with E-state index in [1.54, 1.807) is 19.1 Å². The summed E-state index contributed by atoms with van der Waals surface area (Å²) in [4.78, 5) is 0.329. The molecule has 0 amide bonds. The molecule has 0 aliphatic heterocycles. The zero-order valence-corrected chi connectivity index (χ0v) is 12.3. The van der Waals surface area contributed by atoms with Crippen LogP contribution in [0.1, 0.15) is 13.3 Å². The van der Waals surface area contributed by atoms with Gasteiger partial charge in [0, 0.05) is 25.1 Å². The summed E-state index contributed by atoms with van der Waals surface area (Å²) in [7, 11) is -3.53. The second-order valence-electron chi connectivity index (χ2n) is 4.55. The zero-order valence-electron chi connectivity index (χ0n) is 11.5. The summed E-state index contributed by atoms with van der Waals surface area (Å²) in [5, 5.41) is 10.5. The molecule has 0 radical (unpaired) electrons. The standard InChI is InChI=1S/C15H19NO3S/c1-2-16(11-6-12-17)20(18,19)15-10-5-8-13-7-3-4-9-14(13)15/h3-5,7-10,17H,2,6,11-12H2,1H3. The second kappa shape index (κ2) is 6.35. The van der Waals surface area contributed by atoms with Gasteiger partial charge in [0.25, 0.3) is 0 Å². The SMILES string of the molecule is CCN(CCCO)S(=O)(=O)c1cccc2ccccc12. The van der Waals surface area contributed by atoms with Gasteiger partial charge < -0.3 is 5.11 Å². The maximum Gasteiger partial charge on any atom is 0.243 e. The molecule has 0 unspecified atom stereocenters. The van der Waals surface area contributed by atoms with E-state index in [0.29, 0.717) is 24.4 Å². The Kier molecular flexibility index (Phi) is 4.75. The van der Waals surface area contributed by atoms with Crippen molar-refractivity contribution in [2.45, 2.75) is 18.2 Å². The molecule has 2 aromatic rings. The summed E-state index contributed by atoms with van der Waals surface area (Å²) >= 11 is 0. The molecule has 1 N–H and O–H groups in total. The van der Waals surface area contributed by atoms with Crippen molar-refractivity contribution < 1.29 is 13.5 Å². The average Bonchev–Trinajstić information content (AvgIpc) is 2.47. The first-order valence-electron chi connectivity index (χ1n) is 6.70. The molecule has 20 heavy (non-hydrogen) atoms. The Bertz CT molecular complexity index is 677. The first kappa shape index (κ1) is 15.0. The quantitative estimate of drug-likeness (QED) is 0.888. The summed E-state index contributed by atoms with van der Waals surface area (Å²) in [6.45, 7) is 2.52. The molecule has 2 rings (SSSR count). The highest BCUT2D eigenvalue weighted by Crippen LogP contribution is 2.25. The lowest BCUT2D eigenvalue weighted by atomic mass is 10.1. The van der Waals surface area contributed by atoms with E-state index >= 15 is 0 Å². The van der Waals surface area contributed by atoms with Crippen LogP contribution < -0.4 is 0 Å². The molecule has 108 valence electrons. The van der Waals surface area contributed by atoms with E-state index in [0.717, 1.165) is 10.8 Å². The minimum atomic E-state index is -3.53. The molecule has 0 aliphatic carbocycles. The van der Waals surface area contributed by atoms with Crippen molar-refractivity contribution in [1.82, 2.24) is 4.31 Å². The number of hydrogen-bond acceptors (Lipinski definition) is 3. The fourth-order valence-electron chi connectivity index (χ4n) is 2.26. The Morgan fingerprint density at radius 1 is 1.10 bits per heavy atom. The number of sulfonamides is 1. The molecule has 0 saturated heterocycles. The first-order valence-corrected chi connectivity index (χ1v) is 8.14. The molecule has 0 bridgehead atoms. The van der Waals surface area contributed by atoms with E-state index in [1.807, 2.05) is 30.3 Å². The van der Waals surface area contributed by atoms with Crippen LogP contribution in [0.15, 0.2) is 47.4 Å². The monoisotopic (exact) mass is 293 g/mol. The van der Waals surface area contributed by atoms with Gasteiger partial charge in [0.15, 0.2) is 0 Å². The van der Waals surface area contributed by atoms with Crippen molar-refractivity contribution in [2.24, 2.45) is 0 Å². The molecule has 0 heterocycles. The van der Waals surface area contributed by atoms with Crippen LogP contribution in [-0.2, 0) is 10.0 Å². The fraction of sp³-hybridized carbons (Fsp3) is 0.333. The molecule has 5 heteroatoms. The molecular formula is C15H19NO3S. The highest BCUT2D eigenvalue weighted by molar-refractivity contribution is 7.89. The lowest BCUT2D eigenvalue weighted by molar-refractivity contribution is 0.271. The van der Waals surface area contributed by atoms with Crippen molar-refractivity contribution in [3.63, 3.8) is 0 Å². The van der Waals surface area contributed by atoms with Gasteiger partial charge in [-0.25, -0.2) is 8.42 Å². The van der Waals surface area contributed by atoms with Crippen LogP contribution in [0.4, 0.5) is 0 Å². The third-order valence-corrected chi connectivity index (χ3v) is 5.32. The van der Waals surface area contributed by atoms with Crippen LogP contribution in [0, 0.1) is 0 Å². The van der Waals surface area contributed by atoms with Crippen molar-refractivity contribution in [3.05, 3.63) is 42.5 Å². The van der Waals surface area contributed by atoms with Crippen LogP contribution >= 0.6 is 0 Å². The van der Waals surface area contributed by atoms with Crippen LogP contribution in [0.3, 0.4) is 0 Å². The normalized spacial score (nSPS) is 12.2. The van der Waals surface area contributed by atoms with Crippen molar-refractivity contribution >= 4 is 20.8 Å². The van der Waals surface area contributed by atoms with Gasteiger partial charge in [-0.3, -0.25) is 0 Å². The van der Waals surface area contributed by atoms with Gasteiger partial charge in [0.1, 0.15) is 0 Å². The minimum Gasteiger partial charge on any atom is -0.396 e.